The van der Waals surface area contributed by atoms with Gasteiger partial charge in [0.05, 0.1) is 0 Å². The van der Waals surface area contributed by atoms with Gasteiger partial charge in [-0.15, -0.1) is 0 Å². The topological polar surface area (TPSA) is 78.9 Å². The lowest BCUT2D eigenvalue weighted by molar-refractivity contribution is -0.166. The van der Waals surface area contributed by atoms with E-state index in [0.717, 1.165) is 57.8 Å². The van der Waals surface area contributed by atoms with Crippen LogP contribution in [0.5, 0.6) is 0 Å². The molecule has 1 atom stereocenters. The summed E-state index contributed by atoms with van der Waals surface area (Å²) in [7, 11) is 0. The van der Waals surface area contributed by atoms with Gasteiger partial charge in [0.2, 0.25) is 0 Å². The average molecular weight is 853 g/mol. The van der Waals surface area contributed by atoms with Gasteiger partial charge in [0.25, 0.3) is 0 Å². The zero-order chi connectivity index (χ0) is 44.4. The number of allylic oxidation sites excluding steroid dienone is 10. The summed E-state index contributed by atoms with van der Waals surface area (Å²) in [5.41, 5.74) is 0. The fourth-order valence-corrected chi connectivity index (χ4v) is 7.07. The molecule has 0 aliphatic heterocycles. The lowest BCUT2D eigenvalue weighted by Crippen LogP contribution is -2.30. The predicted octanol–water partition coefficient (Wildman–Crippen LogP) is 16.9. The summed E-state index contributed by atoms with van der Waals surface area (Å²) in [5, 5.41) is 0. The summed E-state index contributed by atoms with van der Waals surface area (Å²) in [6, 6.07) is 0. The molecule has 0 aliphatic rings. The van der Waals surface area contributed by atoms with Crippen molar-refractivity contribution >= 4 is 17.9 Å². The molecule has 0 N–H and O–H groups in total. The lowest BCUT2D eigenvalue weighted by Gasteiger charge is -2.18. The maximum absolute atomic E-state index is 12.8. The van der Waals surface area contributed by atoms with Gasteiger partial charge in [-0.3, -0.25) is 14.4 Å². The van der Waals surface area contributed by atoms with Crippen LogP contribution in [0.4, 0.5) is 0 Å². The predicted molar refractivity (Wildman–Crippen MR) is 261 cm³/mol. The van der Waals surface area contributed by atoms with Crippen LogP contribution in [0, 0.1) is 0 Å². The van der Waals surface area contributed by atoms with Gasteiger partial charge in [-0.05, 0) is 89.9 Å². The molecule has 6 heteroatoms. The van der Waals surface area contributed by atoms with E-state index in [1.165, 1.54) is 148 Å². The quantitative estimate of drug-likeness (QED) is 0.0200. The normalized spacial score (nSPS) is 12.5. The van der Waals surface area contributed by atoms with Crippen molar-refractivity contribution in [2.24, 2.45) is 0 Å². The van der Waals surface area contributed by atoms with Crippen molar-refractivity contribution in [1.29, 1.82) is 0 Å². The van der Waals surface area contributed by atoms with Crippen LogP contribution >= 0.6 is 0 Å². The Hall–Kier alpha value is -2.89. The molecule has 0 amide bonds. The number of hydrogen-bond donors (Lipinski definition) is 0. The second-order valence-corrected chi connectivity index (χ2v) is 17.1. The van der Waals surface area contributed by atoms with Crippen LogP contribution in [0.3, 0.4) is 0 Å². The number of ether oxygens (including phenoxy) is 3. The molecule has 6 nitrogen and oxygen atoms in total. The van der Waals surface area contributed by atoms with Gasteiger partial charge in [0.1, 0.15) is 13.2 Å². The zero-order valence-electron chi connectivity index (χ0n) is 40.2. The molecule has 61 heavy (non-hydrogen) atoms. The summed E-state index contributed by atoms with van der Waals surface area (Å²) >= 11 is 0. The van der Waals surface area contributed by atoms with E-state index in [4.69, 9.17) is 14.2 Å². The summed E-state index contributed by atoms with van der Waals surface area (Å²) in [6.07, 6.45) is 60.7. The Labute approximate surface area is 377 Å². The maximum Gasteiger partial charge on any atom is 0.306 e. The molecule has 352 valence electrons. The number of esters is 3. The fraction of sp³-hybridized carbons (Fsp3) is 0.764. The summed E-state index contributed by atoms with van der Waals surface area (Å²) in [4.78, 5) is 37.9. The minimum absolute atomic E-state index is 0.0989. The van der Waals surface area contributed by atoms with Crippen LogP contribution in [0.2, 0.25) is 0 Å². The van der Waals surface area contributed by atoms with Gasteiger partial charge >= 0.3 is 17.9 Å². The van der Waals surface area contributed by atoms with Gasteiger partial charge in [-0.2, -0.15) is 0 Å². The first kappa shape index (κ1) is 58.1. The van der Waals surface area contributed by atoms with E-state index in [9.17, 15) is 14.4 Å². The van der Waals surface area contributed by atoms with Crippen LogP contribution in [0.25, 0.3) is 0 Å². The Bertz CT molecular complexity index is 1120. The number of hydrogen-bond acceptors (Lipinski definition) is 6. The lowest BCUT2D eigenvalue weighted by atomic mass is 10.1. The molecule has 1 unspecified atom stereocenters. The molecule has 0 spiro atoms. The second kappa shape index (κ2) is 49.8. The molecule has 0 aromatic heterocycles. The Morgan fingerprint density at radius 2 is 0.672 bits per heavy atom. The second-order valence-electron chi connectivity index (χ2n) is 17.1. The van der Waals surface area contributed by atoms with E-state index < -0.39 is 6.10 Å². The van der Waals surface area contributed by atoms with E-state index in [2.05, 4.69) is 75.5 Å². The van der Waals surface area contributed by atoms with Gasteiger partial charge in [0.15, 0.2) is 6.10 Å². The first-order valence-electron chi connectivity index (χ1n) is 25.8. The third kappa shape index (κ3) is 48.0. The molecule has 0 aromatic carbocycles. The number of carbonyl (C=O) groups is 3. The van der Waals surface area contributed by atoms with Crippen LogP contribution in [0.15, 0.2) is 60.8 Å². The molecule has 0 saturated carbocycles. The van der Waals surface area contributed by atoms with E-state index >= 15 is 0 Å². The van der Waals surface area contributed by atoms with Crippen molar-refractivity contribution in [3.05, 3.63) is 60.8 Å². The minimum atomic E-state index is -0.802. The molecular formula is C55H96O6. The van der Waals surface area contributed by atoms with Crippen LogP contribution in [0.1, 0.15) is 252 Å². The first-order valence-corrected chi connectivity index (χ1v) is 25.8. The van der Waals surface area contributed by atoms with Crippen molar-refractivity contribution in [2.75, 3.05) is 13.2 Å². The highest BCUT2D eigenvalue weighted by molar-refractivity contribution is 5.71. The molecule has 0 saturated heterocycles. The van der Waals surface area contributed by atoms with E-state index in [1.807, 2.05) is 6.08 Å². The van der Waals surface area contributed by atoms with Gasteiger partial charge < -0.3 is 14.2 Å². The molecule has 0 heterocycles. The zero-order valence-corrected chi connectivity index (χ0v) is 40.2. The number of carbonyl (C=O) groups excluding carboxylic acids is 3. The highest BCUT2D eigenvalue weighted by Crippen LogP contribution is 2.14. The highest BCUT2D eigenvalue weighted by Gasteiger charge is 2.19. The smallest absolute Gasteiger partial charge is 0.306 e. The van der Waals surface area contributed by atoms with E-state index in [-0.39, 0.29) is 37.5 Å². The monoisotopic (exact) mass is 853 g/mol. The maximum atomic E-state index is 12.8. The van der Waals surface area contributed by atoms with Gasteiger partial charge in [0, 0.05) is 19.3 Å². The van der Waals surface area contributed by atoms with E-state index in [0.29, 0.717) is 19.3 Å². The number of unbranched alkanes of at least 4 members (excludes halogenated alkanes) is 26. The molecule has 0 aliphatic carbocycles. The van der Waals surface area contributed by atoms with Gasteiger partial charge in [-0.1, -0.05) is 204 Å². The summed E-state index contributed by atoms with van der Waals surface area (Å²) in [6.45, 7) is 6.52. The summed E-state index contributed by atoms with van der Waals surface area (Å²) in [5.74, 6) is -0.981. The highest BCUT2D eigenvalue weighted by atomic mass is 16.6. The average Bonchev–Trinajstić information content (AvgIpc) is 3.26. The summed E-state index contributed by atoms with van der Waals surface area (Å²) < 4.78 is 16.7. The largest absolute Gasteiger partial charge is 0.462 e. The minimum Gasteiger partial charge on any atom is -0.462 e. The molecule has 0 fully saturated rings. The Morgan fingerprint density at radius 1 is 0.344 bits per heavy atom. The molecule has 0 aromatic rings. The molecule has 0 rings (SSSR count). The van der Waals surface area contributed by atoms with Crippen molar-refractivity contribution in [2.45, 2.75) is 258 Å². The van der Waals surface area contributed by atoms with Crippen molar-refractivity contribution in [3.8, 4) is 0 Å². The Balaban J connectivity index is 4.46. The fourth-order valence-electron chi connectivity index (χ4n) is 7.07. The van der Waals surface area contributed by atoms with E-state index in [1.54, 1.807) is 0 Å². The first-order chi connectivity index (χ1) is 30.0. The SMILES string of the molecule is CCCCC/C=C/C=C/CCCCCCCCC(=O)OCC(COC(=O)CC/C=C/C/C=C/CCCCCCCC)OC(=O)CCCCCCCCC/C=C/CCCCCC. The Morgan fingerprint density at radius 3 is 1.16 bits per heavy atom. The molecule has 0 bridgehead atoms. The third-order valence-electron chi connectivity index (χ3n) is 11.0. The van der Waals surface area contributed by atoms with Crippen molar-refractivity contribution in [3.63, 3.8) is 0 Å². The molecule has 0 radical (unpaired) electrons. The Kier molecular flexibility index (Phi) is 47.4. The standard InChI is InChI=1S/C55H96O6/c1-4-7-10-13-16-19-22-25-27-30-33-36-39-42-45-48-54(57)60-51-52(50-59-53(56)47-44-41-38-35-32-29-24-21-18-15-12-9-6-3)61-55(58)49-46-43-40-37-34-31-28-26-23-20-17-14-11-8-5-2/h16,19-20,22-23,25,29,32,38,41,52H,4-15,17-18,21,24,26-28,30-31,33-37,39-40,42-51H2,1-3H3/b19-16+,23-20+,25-22+,32-29+,41-38+. The van der Waals surface area contributed by atoms with Crippen molar-refractivity contribution in [1.82, 2.24) is 0 Å². The van der Waals surface area contributed by atoms with Crippen LogP contribution in [-0.4, -0.2) is 37.2 Å². The third-order valence-corrected chi connectivity index (χ3v) is 11.0. The molecular weight excluding hydrogens is 757 g/mol. The van der Waals surface area contributed by atoms with Crippen LogP contribution < -0.4 is 0 Å². The van der Waals surface area contributed by atoms with Crippen molar-refractivity contribution < 1.29 is 28.6 Å². The van der Waals surface area contributed by atoms with Crippen LogP contribution in [-0.2, 0) is 28.6 Å². The van der Waals surface area contributed by atoms with Gasteiger partial charge in [-0.25, -0.2) is 0 Å². The number of rotatable bonds is 46.